The first-order valence-corrected chi connectivity index (χ1v) is 12.6. The highest BCUT2D eigenvalue weighted by atomic mass is 35.5. The van der Waals surface area contributed by atoms with Crippen molar-refractivity contribution in [1.82, 2.24) is 14.4 Å². The van der Waals surface area contributed by atoms with Crippen molar-refractivity contribution in [1.29, 1.82) is 0 Å². The van der Waals surface area contributed by atoms with E-state index >= 15 is 0 Å². The lowest BCUT2D eigenvalue weighted by atomic mass is 10.1. The molecule has 0 radical (unpaired) electrons. The van der Waals surface area contributed by atoms with Gasteiger partial charge in [-0.05, 0) is 59.7 Å². The number of carbonyl (C=O) groups is 1. The molecule has 0 N–H and O–H groups in total. The van der Waals surface area contributed by atoms with Gasteiger partial charge in [0.25, 0.3) is 5.91 Å². The van der Waals surface area contributed by atoms with Crippen LogP contribution in [0, 0.1) is 0 Å². The first-order chi connectivity index (χ1) is 17.7. The zero-order valence-electron chi connectivity index (χ0n) is 19.8. The van der Waals surface area contributed by atoms with E-state index in [1.54, 1.807) is 0 Å². The molecule has 0 unspecified atom stereocenters. The average Bonchev–Trinajstić information content (AvgIpc) is 3.22. The molecule has 192 valence electrons. The molecule has 3 aromatic carbocycles. The Bertz CT molecular complexity index is 1410. The lowest BCUT2D eigenvalue weighted by Gasteiger charge is -2.35. The van der Waals surface area contributed by atoms with Gasteiger partial charge in [-0.2, -0.15) is 13.2 Å². The molecule has 2 heterocycles. The van der Waals surface area contributed by atoms with Gasteiger partial charge in [0.1, 0.15) is 5.69 Å². The van der Waals surface area contributed by atoms with Gasteiger partial charge in [0, 0.05) is 60.2 Å². The highest BCUT2D eigenvalue weighted by molar-refractivity contribution is 6.31. The summed E-state index contributed by atoms with van der Waals surface area (Å²) in [5.74, 6) is -0.0598. The number of benzene rings is 3. The van der Waals surface area contributed by atoms with Gasteiger partial charge in [-0.15, -0.1) is 0 Å². The van der Waals surface area contributed by atoms with Gasteiger partial charge in [0.15, 0.2) is 0 Å². The van der Waals surface area contributed by atoms with Crippen molar-refractivity contribution in [3.63, 3.8) is 0 Å². The summed E-state index contributed by atoms with van der Waals surface area (Å²) in [4.78, 5) is 17.6. The number of hydrogen-bond acceptors (Lipinski definition) is 2. The molecule has 1 aliphatic heterocycles. The molecule has 37 heavy (non-hydrogen) atoms. The summed E-state index contributed by atoms with van der Waals surface area (Å²) < 4.78 is 40.5. The SMILES string of the molecule is O=C(c1cc2cc(Cl)ccc2n1Cc1ccc(Cl)cc1)N1CCN(Cc2ccc(C(F)(F)F)cc2)CC1. The summed E-state index contributed by atoms with van der Waals surface area (Å²) in [6.45, 7) is 3.38. The molecule has 1 saturated heterocycles. The molecule has 0 spiro atoms. The second-order valence-corrected chi connectivity index (χ2v) is 10.1. The minimum Gasteiger partial charge on any atom is -0.335 e. The monoisotopic (exact) mass is 545 g/mol. The van der Waals surface area contributed by atoms with Crippen LogP contribution < -0.4 is 0 Å². The molecule has 4 nitrogen and oxygen atoms in total. The highest BCUT2D eigenvalue weighted by Crippen LogP contribution is 2.30. The van der Waals surface area contributed by atoms with Crippen LogP contribution in [0.2, 0.25) is 10.0 Å². The van der Waals surface area contributed by atoms with Crippen LogP contribution in [0.4, 0.5) is 13.2 Å². The molecule has 9 heteroatoms. The van der Waals surface area contributed by atoms with Gasteiger partial charge < -0.3 is 9.47 Å². The second-order valence-electron chi connectivity index (χ2n) is 9.21. The maximum atomic E-state index is 13.6. The molecule has 4 aromatic rings. The van der Waals surface area contributed by atoms with E-state index in [9.17, 15) is 18.0 Å². The third-order valence-corrected chi connectivity index (χ3v) is 7.17. The van der Waals surface area contributed by atoms with Crippen LogP contribution in [0.25, 0.3) is 10.9 Å². The van der Waals surface area contributed by atoms with E-state index in [4.69, 9.17) is 23.2 Å². The zero-order valence-corrected chi connectivity index (χ0v) is 21.3. The van der Waals surface area contributed by atoms with Crippen LogP contribution >= 0.6 is 23.2 Å². The van der Waals surface area contributed by atoms with E-state index in [-0.39, 0.29) is 5.91 Å². The van der Waals surface area contributed by atoms with Crippen LogP contribution in [0.1, 0.15) is 27.2 Å². The van der Waals surface area contributed by atoms with Gasteiger partial charge in [0.2, 0.25) is 0 Å². The van der Waals surface area contributed by atoms with Gasteiger partial charge in [-0.25, -0.2) is 0 Å². The summed E-state index contributed by atoms with van der Waals surface area (Å²) in [7, 11) is 0. The Labute approximate surface area is 222 Å². The molecule has 0 saturated carbocycles. The molecular formula is C28H24Cl2F3N3O. The normalized spacial score (nSPS) is 14.9. The van der Waals surface area contributed by atoms with Gasteiger partial charge in [0.05, 0.1) is 5.56 Å². The lowest BCUT2D eigenvalue weighted by molar-refractivity contribution is -0.137. The molecule has 1 aliphatic rings. The number of piperazine rings is 1. The molecule has 5 rings (SSSR count). The zero-order chi connectivity index (χ0) is 26.2. The second kappa shape index (κ2) is 10.4. The number of halogens is 5. The molecular weight excluding hydrogens is 522 g/mol. The number of amides is 1. The summed E-state index contributed by atoms with van der Waals surface area (Å²) in [5.41, 5.74) is 2.69. The predicted molar refractivity (Wildman–Crippen MR) is 140 cm³/mol. The summed E-state index contributed by atoms with van der Waals surface area (Å²) in [6, 6.07) is 20.3. The summed E-state index contributed by atoms with van der Waals surface area (Å²) in [5, 5.41) is 2.15. The van der Waals surface area contributed by atoms with Gasteiger partial charge in [-0.1, -0.05) is 47.5 Å². The molecule has 1 fully saturated rings. The Morgan fingerprint density at radius 1 is 0.757 bits per heavy atom. The van der Waals surface area contributed by atoms with E-state index in [0.717, 1.165) is 34.2 Å². The van der Waals surface area contributed by atoms with E-state index in [0.29, 0.717) is 55.0 Å². The first-order valence-electron chi connectivity index (χ1n) is 11.9. The minimum absolute atomic E-state index is 0.0598. The van der Waals surface area contributed by atoms with Crippen LogP contribution in [0.3, 0.4) is 0 Å². The maximum absolute atomic E-state index is 13.6. The Kier molecular flexibility index (Phi) is 7.21. The molecule has 0 aliphatic carbocycles. The van der Waals surface area contributed by atoms with Crippen molar-refractivity contribution < 1.29 is 18.0 Å². The van der Waals surface area contributed by atoms with Crippen LogP contribution in [0.15, 0.2) is 72.8 Å². The summed E-state index contributed by atoms with van der Waals surface area (Å²) in [6.07, 6.45) is -4.34. The van der Waals surface area contributed by atoms with Crippen molar-refractivity contribution in [3.05, 3.63) is 105 Å². The smallest absolute Gasteiger partial charge is 0.335 e. The van der Waals surface area contributed by atoms with Crippen LogP contribution in [0.5, 0.6) is 0 Å². The molecule has 1 aromatic heterocycles. The molecule has 0 atom stereocenters. The van der Waals surface area contributed by atoms with E-state index in [1.165, 1.54) is 12.1 Å². The Morgan fingerprint density at radius 3 is 2.00 bits per heavy atom. The van der Waals surface area contributed by atoms with Crippen molar-refractivity contribution in [2.24, 2.45) is 0 Å². The number of aromatic nitrogens is 1. The quantitative estimate of drug-likeness (QED) is 0.271. The standard InChI is InChI=1S/C28H24Cl2F3N3O/c29-23-7-3-20(4-8-23)18-36-25-10-9-24(30)15-21(25)16-26(36)27(37)35-13-11-34(12-14-35)17-19-1-5-22(6-2-19)28(31,32)33/h1-10,15-16H,11-14,17-18H2. The fourth-order valence-corrected chi connectivity index (χ4v) is 5.00. The van der Waals surface area contributed by atoms with Gasteiger partial charge >= 0.3 is 6.18 Å². The third-order valence-electron chi connectivity index (χ3n) is 6.68. The Morgan fingerprint density at radius 2 is 1.35 bits per heavy atom. The minimum atomic E-state index is -4.34. The maximum Gasteiger partial charge on any atom is 0.416 e. The highest BCUT2D eigenvalue weighted by Gasteiger charge is 2.30. The van der Waals surface area contributed by atoms with E-state index in [2.05, 4.69) is 4.90 Å². The number of carbonyl (C=O) groups excluding carboxylic acids is 1. The molecule has 0 bridgehead atoms. The topological polar surface area (TPSA) is 28.5 Å². The first kappa shape index (κ1) is 25.6. The van der Waals surface area contributed by atoms with Crippen molar-refractivity contribution in [3.8, 4) is 0 Å². The van der Waals surface area contributed by atoms with E-state index < -0.39 is 11.7 Å². The van der Waals surface area contributed by atoms with Gasteiger partial charge in [-0.3, -0.25) is 9.69 Å². The molecule has 1 amide bonds. The number of fused-ring (bicyclic) bond motifs is 1. The number of nitrogens with zero attached hydrogens (tertiary/aromatic N) is 3. The van der Waals surface area contributed by atoms with Crippen molar-refractivity contribution in [2.45, 2.75) is 19.3 Å². The van der Waals surface area contributed by atoms with Crippen molar-refractivity contribution in [2.75, 3.05) is 26.2 Å². The average molecular weight is 546 g/mol. The Hall–Kier alpha value is -3.00. The largest absolute Gasteiger partial charge is 0.416 e. The Balaban J connectivity index is 1.30. The number of alkyl halides is 3. The fraction of sp³-hybridized carbons (Fsp3) is 0.250. The fourth-order valence-electron chi connectivity index (χ4n) is 4.69. The van der Waals surface area contributed by atoms with Crippen molar-refractivity contribution >= 4 is 40.0 Å². The lowest BCUT2D eigenvalue weighted by Crippen LogP contribution is -2.48. The van der Waals surface area contributed by atoms with Crippen LogP contribution in [-0.4, -0.2) is 46.5 Å². The van der Waals surface area contributed by atoms with Crippen LogP contribution in [-0.2, 0) is 19.3 Å². The predicted octanol–water partition coefficient (Wildman–Crippen LogP) is 6.97. The summed E-state index contributed by atoms with van der Waals surface area (Å²) >= 11 is 12.3. The number of hydrogen-bond donors (Lipinski definition) is 0. The number of rotatable bonds is 5. The third kappa shape index (κ3) is 5.79. The van der Waals surface area contributed by atoms with E-state index in [1.807, 2.05) is 58.0 Å².